The highest BCUT2D eigenvalue weighted by Crippen LogP contribution is 2.18. The summed E-state index contributed by atoms with van der Waals surface area (Å²) in [6, 6.07) is 1.93. The topological polar surface area (TPSA) is 9.23 Å². The van der Waals surface area contributed by atoms with Gasteiger partial charge in [-0.25, -0.2) is 22.0 Å². The molecule has 2 aromatic carbocycles. The van der Waals surface area contributed by atoms with Gasteiger partial charge in [0.25, 0.3) is 0 Å². The average molecular weight is 299 g/mol. The first kappa shape index (κ1) is 15.3. The molecule has 7 heteroatoms. The minimum Gasteiger partial charge on any atom is -0.494 e. The van der Waals surface area contributed by atoms with Gasteiger partial charge in [-0.3, -0.25) is 0 Å². The molecule has 0 N–H and O–H groups in total. The van der Waals surface area contributed by atoms with Crippen molar-refractivity contribution < 1.29 is 26.7 Å². The van der Waals surface area contributed by atoms with E-state index in [1.165, 1.54) is 6.92 Å². The second-order valence-corrected chi connectivity index (χ2v) is 4.35. The smallest absolute Gasteiger partial charge is 0.201 e. The monoisotopic (exact) mass is 299 g/mol. The van der Waals surface area contributed by atoms with Crippen molar-refractivity contribution in [3.8, 4) is 5.75 Å². The molecular formula is C14H9BF5O. The second-order valence-electron chi connectivity index (χ2n) is 4.35. The molecule has 2 rings (SSSR count). The summed E-state index contributed by atoms with van der Waals surface area (Å²) in [4.78, 5) is 0. The molecule has 0 aliphatic carbocycles. The molecule has 1 nitrogen and oxygen atoms in total. The molecule has 21 heavy (non-hydrogen) atoms. The summed E-state index contributed by atoms with van der Waals surface area (Å²) in [6.45, 7) is 1.33. The second kappa shape index (κ2) is 5.75. The number of halogens is 5. The number of ether oxygens (including phenoxy) is 1. The molecule has 0 heterocycles. The first-order chi connectivity index (χ1) is 9.85. The number of rotatable bonds is 3. The van der Waals surface area contributed by atoms with Crippen molar-refractivity contribution in [2.75, 3.05) is 7.11 Å². The molecule has 2 aromatic rings. The average Bonchev–Trinajstić information content (AvgIpc) is 2.41. The lowest BCUT2D eigenvalue weighted by molar-refractivity contribution is 0.381. The normalized spacial score (nSPS) is 10.6. The van der Waals surface area contributed by atoms with Crippen molar-refractivity contribution in [2.24, 2.45) is 0 Å². The Balaban J connectivity index is 2.59. The third kappa shape index (κ3) is 2.86. The minimum absolute atomic E-state index is 0.0162. The zero-order chi connectivity index (χ0) is 15.7. The predicted molar refractivity (Wildman–Crippen MR) is 69.0 cm³/mol. The van der Waals surface area contributed by atoms with Crippen LogP contribution in [0.3, 0.4) is 0 Å². The summed E-state index contributed by atoms with van der Waals surface area (Å²) in [5.41, 5.74) is -0.583. The van der Waals surface area contributed by atoms with Gasteiger partial charge in [-0.1, -0.05) is 5.46 Å². The molecule has 0 bridgehead atoms. The quantitative estimate of drug-likeness (QED) is 0.480. The highest BCUT2D eigenvalue weighted by molar-refractivity contribution is 6.68. The van der Waals surface area contributed by atoms with E-state index in [9.17, 15) is 22.0 Å². The molecule has 0 aromatic heterocycles. The molecule has 109 valence electrons. The Morgan fingerprint density at radius 1 is 0.905 bits per heavy atom. The van der Waals surface area contributed by atoms with Gasteiger partial charge in [-0.05, 0) is 18.6 Å². The molecule has 0 saturated carbocycles. The fraction of sp³-hybridized carbons (Fsp3) is 0.143. The van der Waals surface area contributed by atoms with Crippen molar-refractivity contribution in [1.29, 1.82) is 0 Å². The van der Waals surface area contributed by atoms with Gasteiger partial charge >= 0.3 is 0 Å². The Labute approximate surface area is 118 Å². The van der Waals surface area contributed by atoms with Crippen molar-refractivity contribution in [3.63, 3.8) is 0 Å². The summed E-state index contributed by atoms with van der Waals surface area (Å²) >= 11 is 0. The van der Waals surface area contributed by atoms with E-state index in [1.54, 1.807) is 0 Å². The van der Waals surface area contributed by atoms with E-state index in [-0.39, 0.29) is 11.0 Å². The first-order valence-corrected chi connectivity index (χ1v) is 5.87. The Morgan fingerprint density at radius 2 is 1.57 bits per heavy atom. The van der Waals surface area contributed by atoms with Gasteiger partial charge in [0.1, 0.15) is 11.6 Å². The molecule has 0 spiro atoms. The van der Waals surface area contributed by atoms with Crippen molar-refractivity contribution in [1.82, 2.24) is 0 Å². The van der Waals surface area contributed by atoms with Crippen LogP contribution in [0.25, 0.3) is 0 Å². The maximum Gasteiger partial charge on any atom is 0.201 e. The fourth-order valence-corrected chi connectivity index (χ4v) is 1.90. The van der Waals surface area contributed by atoms with Gasteiger partial charge in [0.15, 0.2) is 23.2 Å². The number of hydrogen-bond acceptors (Lipinski definition) is 1. The third-order valence-electron chi connectivity index (χ3n) is 3.01. The lowest BCUT2D eigenvalue weighted by Crippen LogP contribution is -2.34. The van der Waals surface area contributed by atoms with Gasteiger partial charge in [-0.2, -0.15) is 0 Å². The lowest BCUT2D eigenvalue weighted by atomic mass is 9.61. The first-order valence-electron chi connectivity index (χ1n) is 5.87. The van der Waals surface area contributed by atoms with Gasteiger partial charge in [0.05, 0.1) is 7.11 Å². The molecule has 0 aliphatic heterocycles. The van der Waals surface area contributed by atoms with E-state index in [2.05, 4.69) is 4.74 Å². The van der Waals surface area contributed by atoms with Crippen LogP contribution < -0.4 is 15.7 Å². The summed E-state index contributed by atoms with van der Waals surface area (Å²) < 4.78 is 72.0. The van der Waals surface area contributed by atoms with Crippen LogP contribution in [0.5, 0.6) is 5.75 Å². The SMILES string of the molecule is COc1c(F)cc(F)c(F)c1[B]c1cc(F)cc(F)c1C. The molecule has 1 radical (unpaired) electrons. The van der Waals surface area contributed by atoms with Crippen LogP contribution in [0.2, 0.25) is 0 Å². The Morgan fingerprint density at radius 3 is 2.19 bits per heavy atom. The van der Waals surface area contributed by atoms with E-state index in [0.717, 1.165) is 20.5 Å². The predicted octanol–water partition coefficient (Wildman–Crippen LogP) is 2.35. The molecule has 0 saturated heterocycles. The highest BCUT2D eigenvalue weighted by Gasteiger charge is 2.22. The van der Waals surface area contributed by atoms with Crippen molar-refractivity contribution in [3.05, 3.63) is 52.8 Å². The molecule has 0 fully saturated rings. The Hall–Kier alpha value is -2.05. The van der Waals surface area contributed by atoms with E-state index in [1.807, 2.05) is 0 Å². The van der Waals surface area contributed by atoms with Gasteiger partial charge in [0, 0.05) is 17.6 Å². The number of hydrogen-bond donors (Lipinski definition) is 0. The largest absolute Gasteiger partial charge is 0.494 e. The third-order valence-corrected chi connectivity index (χ3v) is 3.01. The van der Waals surface area contributed by atoms with Crippen molar-refractivity contribution >= 4 is 18.2 Å². The van der Waals surface area contributed by atoms with E-state index in [0.29, 0.717) is 12.1 Å². The fourth-order valence-electron chi connectivity index (χ4n) is 1.90. The molecule has 0 amide bonds. The Bertz CT molecular complexity index is 702. The standard InChI is InChI=1S/C14H9BF5O/c1-6-8(3-7(16)4-9(6)17)15-12-13(20)10(18)5-11(19)14(12)21-2/h3-5H,1-2H3. The maximum atomic E-state index is 13.8. The number of methoxy groups -OCH3 is 1. The lowest BCUT2D eigenvalue weighted by Gasteiger charge is -2.12. The molecule has 0 atom stereocenters. The van der Waals surface area contributed by atoms with Gasteiger partial charge < -0.3 is 4.74 Å². The number of benzene rings is 2. The van der Waals surface area contributed by atoms with Crippen LogP contribution in [0.4, 0.5) is 22.0 Å². The van der Waals surface area contributed by atoms with Gasteiger partial charge in [0.2, 0.25) is 7.28 Å². The van der Waals surface area contributed by atoms with Crippen LogP contribution in [0, 0.1) is 36.0 Å². The molecule has 0 aliphatic rings. The highest BCUT2D eigenvalue weighted by atomic mass is 19.2. The zero-order valence-electron chi connectivity index (χ0n) is 11.1. The molecule has 0 unspecified atom stereocenters. The summed E-state index contributed by atoms with van der Waals surface area (Å²) in [6.07, 6.45) is 0. The molecular weight excluding hydrogens is 290 g/mol. The van der Waals surface area contributed by atoms with Crippen molar-refractivity contribution in [2.45, 2.75) is 6.92 Å². The van der Waals surface area contributed by atoms with Crippen LogP contribution in [0.1, 0.15) is 5.56 Å². The van der Waals surface area contributed by atoms with Crippen LogP contribution in [-0.2, 0) is 0 Å². The zero-order valence-corrected chi connectivity index (χ0v) is 11.1. The summed E-state index contributed by atoms with van der Waals surface area (Å²) in [5.74, 6) is -6.18. The van der Waals surface area contributed by atoms with Gasteiger partial charge in [-0.15, -0.1) is 0 Å². The Kier molecular flexibility index (Phi) is 4.20. The summed E-state index contributed by atoms with van der Waals surface area (Å²) in [5, 5.41) is 0. The van der Waals surface area contributed by atoms with E-state index in [4.69, 9.17) is 0 Å². The van der Waals surface area contributed by atoms with Crippen LogP contribution in [-0.4, -0.2) is 14.4 Å². The van der Waals surface area contributed by atoms with Crippen LogP contribution >= 0.6 is 0 Å². The minimum atomic E-state index is -1.42. The van der Waals surface area contributed by atoms with E-state index < -0.39 is 40.3 Å². The maximum absolute atomic E-state index is 13.8. The van der Waals surface area contributed by atoms with Crippen LogP contribution in [0.15, 0.2) is 18.2 Å². The summed E-state index contributed by atoms with van der Waals surface area (Å²) in [7, 11) is 2.01. The van der Waals surface area contributed by atoms with E-state index >= 15 is 0 Å².